The monoisotopic (exact) mass is 324 g/mol. The van der Waals surface area contributed by atoms with E-state index >= 15 is 0 Å². The normalized spacial score (nSPS) is 21.8. The summed E-state index contributed by atoms with van der Waals surface area (Å²) < 4.78 is 0. The van der Waals surface area contributed by atoms with E-state index in [4.69, 9.17) is 11.5 Å². The van der Waals surface area contributed by atoms with Gasteiger partial charge in [-0.15, -0.1) is 0 Å². The molecule has 4 heteroatoms. The van der Waals surface area contributed by atoms with Crippen LogP contribution < -0.4 is 22.1 Å². The molecule has 0 saturated heterocycles. The fourth-order valence-corrected chi connectivity index (χ4v) is 2.57. The van der Waals surface area contributed by atoms with Crippen LogP contribution in [0.4, 0.5) is 0 Å². The summed E-state index contributed by atoms with van der Waals surface area (Å²) in [5.74, 6) is 0.872. The van der Waals surface area contributed by atoms with Crippen LogP contribution in [0, 0.1) is 6.92 Å². The average Bonchev–Trinajstić information content (AvgIpc) is 2.57. The van der Waals surface area contributed by atoms with Crippen LogP contribution in [0.2, 0.25) is 0 Å². The van der Waals surface area contributed by atoms with Gasteiger partial charge >= 0.3 is 0 Å². The number of hydrogen-bond donors (Lipinski definition) is 4. The second-order valence-electron chi connectivity index (χ2n) is 6.53. The molecule has 1 aromatic rings. The van der Waals surface area contributed by atoms with Crippen LogP contribution in [0.15, 0.2) is 66.7 Å². The van der Waals surface area contributed by atoms with Crippen molar-refractivity contribution in [1.82, 2.24) is 10.6 Å². The number of nitrogens with one attached hydrogen (secondary N) is 2. The zero-order valence-corrected chi connectivity index (χ0v) is 14.8. The standard InChI is InChI=1S/C20H28N4/c1-14-5-7-16(8-6-14)15(2)18(22)13-19(23-4)24-20(3)11-9-17(21)10-12-20/h5-11,13,18,23-24H,2,12,21-22H2,1,3-4H3/b19-13-. The number of aryl methyl sites for hydroxylation is 1. The van der Waals surface area contributed by atoms with E-state index in [0.717, 1.165) is 29.1 Å². The zero-order chi connectivity index (χ0) is 17.7. The Morgan fingerprint density at radius 1 is 1.33 bits per heavy atom. The molecule has 2 atom stereocenters. The van der Waals surface area contributed by atoms with Crippen molar-refractivity contribution in [3.8, 4) is 0 Å². The lowest BCUT2D eigenvalue weighted by atomic mass is 9.92. The molecule has 0 heterocycles. The molecular weight excluding hydrogens is 296 g/mol. The quantitative estimate of drug-likeness (QED) is 0.649. The lowest BCUT2D eigenvalue weighted by molar-refractivity contribution is 0.466. The topological polar surface area (TPSA) is 76.1 Å². The molecule has 1 aromatic carbocycles. The van der Waals surface area contributed by atoms with Crippen molar-refractivity contribution in [2.45, 2.75) is 31.8 Å². The summed E-state index contributed by atoms with van der Waals surface area (Å²) in [6.07, 6.45) is 8.81. The predicted molar refractivity (Wildman–Crippen MR) is 103 cm³/mol. The van der Waals surface area contributed by atoms with Crippen LogP contribution >= 0.6 is 0 Å². The summed E-state index contributed by atoms with van der Waals surface area (Å²) in [5, 5.41) is 6.67. The van der Waals surface area contributed by atoms with Crippen LogP contribution in [0.5, 0.6) is 0 Å². The minimum absolute atomic E-state index is 0.192. The maximum atomic E-state index is 6.33. The molecule has 0 spiro atoms. The Morgan fingerprint density at radius 2 is 2.00 bits per heavy atom. The van der Waals surface area contributed by atoms with Crippen molar-refractivity contribution in [3.05, 3.63) is 77.8 Å². The molecule has 128 valence electrons. The van der Waals surface area contributed by atoms with Crippen molar-refractivity contribution in [2.75, 3.05) is 7.05 Å². The Balaban J connectivity index is 2.10. The second-order valence-corrected chi connectivity index (χ2v) is 6.53. The van der Waals surface area contributed by atoms with Gasteiger partial charge in [0.25, 0.3) is 0 Å². The van der Waals surface area contributed by atoms with E-state index in [9.17, 15) is 0 Å². The first kappa shape index (κ1) is 17.9. The van der Waals surface area contributed by atoms with E-state index in [1.807, 2.05) is 25.3 Å². The molecule has 2 rings (SSSR count). The van der Waals surface area contributed by atoms with Gasteiger partial charge in [0.05, 0.1) is 17.4 Å². The van der Waals surface area contributed by atoms with Gasteiger partial charge in [-0.1, -0.05) is 48.6 Å². The summed E-state index contributed by atoms with van der Waals surface area (Å²) >= 11 is 0. The van der Waals surface area contributed by atoms with Crippen molar-refractivity contribution < 1.29 is 0 Å². The molecule has 4 nitrogen and oxygen atoms in total. The largest absolute Gasteiger partial charge is 0.399 e. The number of allylic oxidation sites excluding steroid dienone is 1. The summed E-state index contributed by atoms with van der Waals surface area (Å²) in [7, 11) is 1.88. The minimum atomic E-state index is -0.278. The second kappa shape index (κ2) is 7.41. The summed E-state index contributed by atoms with van der Waals surface area (Å²) in [6, 6.07) is 7.96. The Labute approximate surface area is 145 Å². The fraction of sp³-hybridized carbons (Fsp3) is 0.300. The van der Waals surface area contributed by atoms with Gasteiger partial charge < -0.3 is 22.1 Å². The number of rotatable bonds is 6. The molecule has 2 unspecified atom stereocenters. The van der Waals surface area contributed by atoms with Gasteiger partial charge in [-0.3, -0.25) is 0 Å². The highest BCUT2D eigenvalue weighted by Crippen LogP contribution is 2.21. The molecule has 0 aromatic heterocycles. The Bertz CT molecular complexity index is 682. The zero-order valence-electron chi connectivity index (χ0n) is 14.8. The highest BCUT2D eigenvalue weighted by molar-refractivity contribution is 5.69. The molecule has 1 aliphatic rings. The molecule has 0 bridgehead atoms. The molecule has 24 heavy (non-hydrogen) atoms. The van der Waals surface area contributed by atoms with Gasteiger partial charge in [0.15, 0.2) is 0 Å². The van der Waals surface area contributed by atoms with Crippen molar-refractivity contribution in [1.29, 1.82) is 0 Å². The fourth-order valence-electron chi connectivity index (χ4n) is 2.57. The van der Waals surface area contributed by atoms with Gasteiger partial charge in [0.2, 0.25) is 0 Å². The van der Waals surface area contributed by atoms with Crippen LogP contribution in [0.3, 0.4) is 0 Å². The third-order valence-corrected chi connectivity index (χ3v) is 4.27. The number of nitrogens with two attached hydrogens (primary N) is 2. The maximum Gasteiger partial charge on any atom is 0.0968 e. The Kier molecular flexibility index (Phi) is 5.52. The van der Waals surface area contributed by atoms with Gasteiger partial charge in [0.1, 0.15) is 0 Å². The molecule has 1 aliphatic carbocycles. The van der Waals surface area contributed by atoms with Crippen molar-refractivity contribution in [2.24, 2.45) is 11.5 Å². The summed E-state index contributed by atoms with van der Waals surface area (Å²) in [4.78, 5) is 0. The molecule has 6 N–H and O–H groups in total. The van der Waals surface area contributed by atoms with E-state index in [1.54, 1.807) is 0 Å². The first-order valence-corrected chi connectivity index (χ1v) is 8.17. The average molecular weight is 324 g/mol. The third-order valence-electron chi connectivity index (χ3n) is 4.27. The van der Waals surface area contributed by atoms with Crippen LogP contribution in [-0.4, -0.2) is 18.6 Å². The maximum absolute atomic E-state index is 6.33. The highest BCUT2D eigenvalue weighted by Gasteiger charge is 2.22. The number of benzene rings is 1. The molecule has 0 fully saturated rings. The smallest absolute Gasteiger partial charge is 0.0968 e. The molecular formula is C20H28N4. The van der Waals surface area contributed by atoms with Crippen LogP contribution in [0.25, 0.3) is 5.57 Å². The summed E-state index contributed by atoms with van der Waals surface area (Å²) in [6.45, 7) is 8.34. The van der Waals surface area contributed by atoms with Gasteiger partial charge in [0, 0.05) is 12.7 Å². The first-order chi connectivity index (χ1) is 11.3. The van der Waals surface area contributed by atoms with Gasteiger partial charge in [-0.05, 0) is 43.6 Å². The van der Waals surface area contributed by atoms with E-state index in [-0.39, 0.29) is 11.6 Å². The van der Waals surface area contributed by atoms with Gasteiger partial charge in [-0.25, -0.2) is 0 Å². The number of hydrogen-bond acceptors (Lipinski definition) is 4. The first-order valence-electron chi connectivity index (χ1n) is 8.17. The Morgan fingerprint density at radius 3 is 2.54 bits per heavy atom. The van der Waals surface area contributed by atoms with Gasteiger partial charge in [-0.2, -0.15) is 0 Å². The van der Waals surface area contributed by atoms with E-state index in [2.05, 4.69) is 61.4 Å². The van der Waals surface area contributed by atoms with Crippen LogP contribution in [-0.2, 0) is 0 Å². The van der Waals surface area contributed by atoms with E-state index < -0.39 is 0 Å². The molecule has 0 radical (unpaired) electrons. The Hall–Kier alpha value is -2.46. The third kappa shape index (κ3) is 4.52. The minimum Gasteiger partial charge on any atom is -0.399 e. The van der Waals surface area contributed by atoms with E-state index in [0.29, 0.717) is 0 Å². The SMILES string of the molecule is C=C(c1ccc(C)cc1)C(N)/C=C(/NC)NC1(C)C=CC(N)=CC1. The molecule has 0 amide bonds. The molecule has 0 saturated carbocycles. The predicted octanol–water partition coefficient (Wildman–Crippen LogP) is 2.55. The lowest BCUT2D eigenvalue weighted by Crippen LogP contribution is -2.44. The van der Waals surface area contributed by atoms with E-state index in [1.165, 1.54) is 5.56 Å². The van der Waals surface area contributed by atoms with Crippen LogP contribution in [0.1, 0.15) is 24.5 Å². The summed E-state index contributed by atoms with van der Waals surface area (Å²) in [5.41, 5.74) is 15.9. The highest BCUT2D eigenvalue weighted by atomic mass is 15.1. The lowest BCUT2D eigenvalue weighted by Gasteiger charge is -2.31. The molecule has 0 aliphatic heterocycles. The van der Waals surface area contributed by atoms with Crippen molar-refractivity contribution in [3.63, 3.8) is 0 Å². The van der Waals surface area contributed by atoms with Crippen molar-refractivity contribution >= 4 is 5.57 Å².